The molecule has 5 rings (SSSR count). The van der Waals surface area contributed by atoms with Crippen LogP contribution in [-0.4, -0.2) is 63.3 Å². The lowest BCUT2D eigenvalue weighted by Gasteiger charge is -2.34. The van der Waals surface area contributed by atoms with Gasteiger partial charge in [-0.2, -0.15) is 0 Å². The van der Waals surface area contributed by atoms with Gasteiger partial charge in [-0.3, -0.25) is 9.59 Å². The van der Waals surface area contributed by atoms with E-state index in [1.54, 1.807) is 0 Å². The number of amides is 1. The molecule has 1 N–H and O–H groups in total. The smallest absolute Gasteiger partial charge is 0.407 e. The van der Waals surface area contributed by atoms with Gasteiger partial charge in [0, 0.05) is 60.1 Å². The Morgan fingerprint density at radius 1 is 1.05 bits per heavy atom. The van der Waals surface area contributed by atoms with E-state index >= 15 is 0 Å². The second-order valence-electron chi connectivity index (χ2n) is 12.4. The molecule has 1 saturated carbocycles. The summed E-state index contributed by atoms with van der Waals surface area (Å²) in [5.74, 6) is -0.570. The number of nitrogens with zero attached hydrogens (tertiary/aromatic N) is 3. The number of nitrogens with one attached hydrogen (secondary N) is 1. The third-order valence-electron chi connectivity index (χ3n) is 8.54. The molecule has 0 radical (unpaired) electrons. The van der Waals surface area contributed by atoms with Crippen LogP contribution < -0.4 is 5.32 Å². The second-order valence-corrected chi connectivity index (χ2v) is 12.4. The number of Topliss-reactive ketones (excluding diaryl/α,β-unsaturated/α-hetero) is 1. The lowest BCUT2D eigenvalue weighted by molar-refractivity contribution is -0.155. The molecule has 4 atom stereocenters. The van der Waals surface area contributed by atoms with Crippen molar-refractivity contribution in [3.63, 3.8) is 0 Å². The van der Waals surface area contributed by atoms with Crippen molar-refractivity contribution >= 4 is 28.7 Å². The van der Waals surface area contributed by atoms with E-state index in [9.17, 15) is 14.4 Å². The first-order chi connectivity index (χ1) is 19.0. The average molecular weight is 551 g/mol. The Labute approximate surface area is 236 Å². The fourth-order valence-electron chi connectivity index (χ4n) is 6.35. The summed E-state index contributed by atoms with van der Waals surface area (Å²) in [5.41, 5.74) is 2.50. The lowest BCUT2D eigenvalue weighted by Crippen LogP contribution is -2.48. The highest BCUT2D eigenvalue weighted by Gasteiger charge is 2.37. The summed E-state index contributed by atoms with van der Waals surface area (Å²) < 4.78 is 13.3. The van der Waals surface area contributed by atoms with Crippen molar-refractivity contribution in [1.29, 1.82) is 0 Å². The predicted molar refractivity (Wildman–Crippen MR) is 152 cm³/mol. The Morgan fingerprint density at radius 2 is 1.77 bits per heavy atom. The van der Waals surface area contributed by atoms with Crippen LogP contribution in [0.3, 0.4) is 0 Å². The third-order valence-corrected chi connectivity index (χ3v) is 8.54. The van der Waals surface area contributed by atoms with Crippen molar-refractivity contribution in [3.8, 4) is 0 Å². The van der Waals surface area contributed by atoms with Gasteiger partial charge in [-0.05, 0) is 59.4 Å². The topological polar surface area (TPSA) is 93.1 Å². The monoisotopic (exact) mass is 550 g/mol. The Hall–Kier alpha value is -3.49. The second kappa shape index (κ2) is 11.2. The number of para-hydroxylation sites is 1. The maximum absolute atomic E-state index is 13.6. The van der Waals surface area contributed by atoms with Crippen molar-refractivity contribution in [3.05, 3.63) is 47.9 Å². The fraction of sp³-hybridized carbons (Fsp3) is 0.581. The van der Waals surface area contributed by atoms with E-state index in [1.165, 1.54) is 0 Å². The SMILES string of the molecule is CC1N(COC(=O)[C@@H]2CCCC[C@H]2NC(=O)OC(C)(C)C)C=CN1CC1CCc2c(c3ccccc3n2C)C1=O. The molecule has 1 aliphatic heterocycles. The van der Waals surface area contributed by atoms with Crippen LogP contribution in [0.4, 0.5) is 4.79 Å². The zero-order chi connectivity index (χ0) is 28.6. The van der Waals surface area contributed by atoms with Gasteiger partial charge in [-0.25, -0.2) is 4.79 Å². The predicted octanol–water partition coefficient (Wildman–Crippen LogP) is 4.94. The highest BCUT2D eigenvalue weighted by Crippen LogP contribution is 2.35. The van der Waals surface area contributed by atoms with Crippen LogP contribution in [0.25, 0.3) is 10.9 Å². The number of rotatable bonds is 6. The molecule has 0 saturated heterocycles. The van der Waals surface area contributed by atoms with E-state index in [-0.39, 0.29) is 36.6 Å². The summed E-state index contributed by atoms with van der Waals surface area (Å²) in [6.45, 7) is 8.25. The maximum atomic E-state index is 13.6. The van der Waals surface area contributed by atoms with Crippen molar-refractivity contribution in [2.45, 2.75) is 84.0 Å². The number of benzene rings is 1. The molecule has 3 aliphatic rings. The number of fused-ring (bicyclic) bond motifs is 3. The quantitative estimate of drug-likeness (QED) is 0.509. The summed E-state index contributed by atoms with van der Waals surface area (Å²) in [7, 11) is 2.04. The minimum Gasteiger partial charge on any atom is -0.444 e. The first-order valence-corrected chi connectivity index (χ1v) is 14.5. The maximum Gasteiger partial charge on any atom is 0.407 e. The number of esters is 1. The molecular formula is C31H42N4O5. The minimum absolute atomic E-state index is 0.0449. The summed E-state index contributed by atoms with van der Waals surface area (Å²) >= 11 is 0. The molecule has 9 heteroatoms. The van der Waals surface area contributed by atoms with Gasteiger partial charge in [0.1, 0.15) is 11.8 Å². The lowest BCUT2D eigenvalue weighted by atomic mass is 9.84. The number of hydrogen-bond acceptors (Lipinski definition) is 7. The van der Waals surface area contributed by atoms with Crippen LogP contribution in [0.15, 0.2) is 36.7 Å². The highest BCUT2D eigenvalue weighted by molar-refractivity contribution is 6.11. The number of alkyl carbamates (subject to hydrolysis) is 1. The Bertz CT molecular complexity index is 1310. The zero-order valence-corrected chi connectivity index (χ0v) is 24.3. The van der Waals surface area contributed by atoms with Crippen molar-refractivity contribution in [2.24, 2.45) is 18.9 Å². The number of aromatic nitrogens is 1. The molecule has 2 unspecified atom stereocenters. The van der Waals surface area contributed by atoms with Gasteiger partial charge >= 0.3 is 12.1 Å². The summed E-state index contributed by atoms with van der Waals surface area (Å²) in [6.07, 6.45) is 8.33. The number of carbonyl (C=O) groups is 3. The highest BCUT2D eigenvalue weighted by atomic mass is 16.6. The molecule has 216 valence electrons. The zero-order valence-electron chi connectivity index (χ0n) is 24.3. The molecular weight excluding hydrogens is 508 g/mol. The van der Waals surface area contributed by atoms with Crippen LogP contribution >= 0.6 is 0 Å². The first-order valence-electron chi connectivity index (χ1n) is 14.5. The molecule has 2 aromatic rings. The summed E-state index contributed by atoms with van der Waals surface area (Å²) in [5, 5.41) is 3.93. The van der Waals surface area contributed by atoms with Crippen molar-refractivity contribution < 1.29 is 23.9 Å². The van der Waals surface area contributed by atoms with E-state index < -0.39 is 17.6 Å². The molecule has 1 aromatic heterocycles. The van der Waals surface area contributed by atoms with Gasteiger partial charge in [0.2, 0.25) is 0 Å². The van der Waals surface area contributed by atoms with Crippen LogP contribution in [0, 0.1) is 11.8 Å². The normalized spacial score (nSPS) is 24.8. The molecule has 1 fully saturated rings. The summed E-state index contributed by atoms with van der Waals surface area (Å²) in [4.78, 5) is 43.1. The van der Waals surface area contributed by atoms with E-state index in [0.717, 1.165) is 54.3 Å². The minimum atomic E-state index is -0.599. The average Bonchev–Trinajstić information content (AvgIpc) is 3.40. The molecule has 0 bridgehead atoms. The molecule has 40 heavy (non-hydrogen) atoms. The van der Waals surface area contributed by atoms with Crippen LogP contribution in [0.1, 0.15) is 75.9 Å². The van der Waals surface area contributed by atoms with E-state index in [2.05, 4.69) is 27.8 Å². The van der Waals surface area contributed by atoms with Gasteiger partial charge < -0.3 is 29.2 Å². The Morgan fingerprint density at radius 3 is 2.55 bits per heavy atom. The molecule has 0 spiro atoms. The van der Waals surface area contributed by atoms with Crippen LogP contribution in [0.2, 0.25) is 0 Å². The molecule has 1 amide bonds. The van der Waals surface area contributed by atoms with E-state index in [1.807, 2.05) is 63.3 Å². The summed E-state index contributed by atoms with van der Waals surface area (Å²) in [6, 6.07) is 7.83. The van der Waals surface area contributed by atoms with E-state index in [0.29, 0.717) is 13.0 Å². The fourth-order valence-corrected chi connectivity index (χ4v) is 6.35. The molecule has 1 aromatic carbocycles. The van der Waals surface area contributed by atoms with Crippen LogP contribution in [0.5, 0.6) is 0 Å². The largest absolute Gasteiger partial charge is 0.444 e. The Kier molecular flexibility index (Phi) is 7.84. The van der Waals surface area contributed by atoms with E-state index in [4.69, 9.17) is 9.47 Å². The molecule has 2 heterocycles. The third kappa shape index (κ3) is 5.69. The van der Waals surface area contributed by atoms with Crippen molar-refractivity contribution in [1.82, 2.24) is 19.7 Å². The van der Waals surface area contributed by atoms with Gasteiger partial charge in [0.05, 0.1) is 5.92 Å². The number of ketones is 1. The van der Waals surface area contributed by atoms with Crippen molar-refractivity contribution in [2.75, 3.05) is 13.3 Å². The molecule has 9 nitrogen and oxygen atoms in total. The number of ether oxygens (including phenoxy) is 2. The Balaban J connectivity index is 1.16. The van der Waals surface area contributed by atoms with Gasteiger partial charge in [0.15, 0.2) is 12.5 Å². The standard InChI is InChI=1S/C31H42N4O5/c1-20-34(18-21-14-15-26-27(28(21)36)23-11-7-9-13-25(23)33(26)5)16-17-35(20)19-39-29(37)22-10-6-8-12-24(22)32-30(38)40-31(2,3)4/h7,9,11,13,16-17,20-22,24H,6,8,10,12,14-15,18-19H2,1-5H3,(H,32,38)/t20?,21?,22-,24-/m1/s1. The number of carbonyl (C=O) groups excluding carboxylic acids is 3. The molecule has 2 aliphatic carbocycles. The first kappa shape index (κ1) is 28.1. The van der Waals surface area contributed by atoms with Gasteiger partial charge in [0.25, 0.3) is 0 Å². The number of hydrogen-bond donors (Lipinski definition) is 1. The number of aryl methyl sites for hydroxylation is 1. The van der Waals surface area contributed by atoms with Crippen LogP contribution in [-0.2, 0) is 27.7 Å². The van der Waals surface area contributed by atoms with Gasteiger partial charge in [-0.1, -0.05) is 31.0 Å². The van der Waals surface area contributed by atoms with Gasteiger partial charge in [-0.15, -0.1) is 0 Å².